The number of aliphatic carboxylic acids is 1. The van der Waals surface area contributed by atoms with Gasteiger partial charge in [-0.3, -0.25) is 9.59 Å². The van der Waals surface area contributed by atoms with E-state index in [-0.39, 0.29) is 42.7 Å². The normalized spacial score (nSPS) is 12.8. The van der Waals surface area contributed by atoms with Gasteiger partial charge >= 0.3 is 11.9 Å². The lowest BCUT2D eigenvalue weighted by Crippen LogP contribution is -2.55. The topological polar surface area (TPSA) is 102 Å². The van der Waals surface area contributed by atoms with Crippen LogP contribution in [0.15, 0.2) is 12.2 Å². The average Bonchev–Trinajstić information content (AvgIpc) is 3.24. The van der Waals surface area contributed by atoms with Crippen LogP contribution in [-0.2, 0) is 28.6 Å². The number of carboxylic acids is 1. The first-order valence-corrected chi connectivity index (χ1v) is 27.2. The molecule has 2 unspecified atom stereocenters. The fraction of sp³-hybridized carbons (Fsp3) is 0.909. The predicted octanol–water partition coefficient (Wildman–Crippen LogP) is 14.5. The van der Waals surface area contributed by atoms with Crippen molar-refractivity contribution in [3.05, 3.63) is 12.2 Å². The van der Waals surface area contributed by atoms with Crippen molar-refractivity contribution in [3.63, 3.8) is 0 Å². The van der Waals surface area contributed by atoms with E-state index in [0.717, 1.165) is 38.5 Å². The molecule has 0 aliphatic carbocycles. The third-order valence-corrected chi connectivity index (χ3v) is 12.7. The molecule has 2 atom stereocenters. The Bertz CT molecular complexity index is 1040. The van der Waals surface area contributed by atoms with Crippen molar-refractivity contribution in [1.29, 1.82) is 0 Å². The van der Waals surface area contributed by atoms with Gasteiger partial charge in [0.1, 0.15) is 12.6 Å². The van der Waals surface area contributed by atoms with E-state index in [9.17, 15) is 19.5 Å². The Balaban J connectivity index is 4.16. The van der Waals surface area contributed by atoms with Gasteiger partial charge in [0.15, 0.2) is 6.10 Å². The molecule has 8 heteroatoms. The Morgan fingerprint density at radius 1 is 0.460 bits per heavy atom. The summed E-state index contributed by atoms with van der Waals surface area (Å²) in [4.78, 5) is 37.1. The van der Waals surface area contributed by atoms with Gasteiger partial charge in [-0.15, -0.1) is 0 Å². The number of rotatable bonds is 50. The quantitative estimate of drug-likeness (QED) is 0.0259. The zero-order valence-electron chi connectivity index (χ0n) is 42.5. The highest BCUT2D eigenvalue weighted by Crippen LogP contribution is 2.17. The van der Waals surface area contributed by atoms with Gasteiger partial charge in [0.2, 0.25) is 0 Å². The van der Waals surface area contributed by atoms with Crippen molar-refractivity contribution < 1.29 is 38.2 Å². The number of hydrogen-bond acceptors (Lipinski definition) is 7. The Morgan fingerprint density at radius 2 is 0.794 bits per heavy atom. The Labute approximate surface area is 390 Å². The largest absolute Gasteiger partial charge is 0.544 e. The summed E-state index contributed by atoms with van der Waals surface area (Å²) in [7, 11) is 5.43. The van der Waals surface area contributed by atoms with Gasteiger partial charge in [0.25, 0.3) is 0 Å². The number of unbranched alkanes of at least 4 members (excludes halogenated alkanes) is 34. The van der Waals surface area contributed by atoms with Crippen molar-refractivity contribution in [2.24, 2.45) is 0 Å². The van der Waals surface area contributed by atoms with Crippen molar-refractivity contribution in [2.45, 2.75) is 283 Å². The molecule has 0 aromatic carbocycles. The molecule has 8 nitrogen and oxygen atoms in total. The zero-order valence-corrected chi connectivity index (χ0v) is 42.5. The van der Waals surface area contributed by atoms with Crippen LogP contribution in [0.4, 0.5) is 0 Å². The fourth-order valence-electron chi connectivity index (χ4n) is 8.42. The first-order chi connectivity index (χ1) is 30.6. The molecule has 0 bridgehead atoms. The van der Waals surface area contributed by atoms with Gasteiger partial charge in [-0.25, -0.2) is 0 Å². The third kappa shape index (κ3) is 45.0. The Morgan fingerprint density at radius 3 is 1.14 bits per heavy atom. The molecule has 0 fully saturated rings. The molecule has 0 aromatic heterocycles. The van der Waals surface area contributed by atoms with E-state index in [0.29, 0.717) is 12.8 Å². The highest BCUT2D eigenvalue weighted by Gasteiger charge is 2.25. The minimum atomic E-state index is -1.12. The van der Waals surface area contributed by atoms with Crippen LogP contribution in [0.5, 0.6) is 0 Å². The van der Waals surface area contributed by atoms with Crippen LogP contribution in [0.3, 0.4) is 0 Å². The first-order valence-electron chi connectivity index (χ1n) is 27.2. The number of hydrogen-bond donors (Lipinski definition) is 0. The molecule has 0 aromatic rings. The van der Waals surface area contributed by atoms with Crippen molar-refractivity contribution in [2.75, 3.05) is 41.0 Å². The van der Waals surface area contributed by atoms with E-state index in [1.54, 1.807) is 0 Å². The third-order valence-electron chi connectivity index (χ3n) is 12.7. The van der Waals surface area contributed by atoms with E-state index in [4.69, 9.17) is 14.2 Å². The second kappa shape index (κ2) is 46.6. The van der Waals surface area contributed by atoms with Gasteiger partial charge in [-0.2, -0.15) is 0 Å². The molecule has 0 aliphatic rings. The molecule has 0 heterocycles. The maximum absolute atomic E-state index is 12.8. The van der Waals surface area contributed by atoms with Crippen LogP contribution >= 0.6 is 0 Å². The molecule has 0 aliphatic heterocycles. The van der Waals surface area contributed by atoms with Crippen LogP contribution in [-0.4, -0.2) is 75.5 Å². The van der Waals surface area contributed by atoms with Crippen LogP contribution in [0.25, 0.3) is 0 Å². The molecular formula is C55H105NO7. The number of allylic oxidation sites excluding steroid dienone is 2. The summed E-state index contributed by atoms with van der Waals surface area (Å²) in [6.07, 6.45) is 52.4. The summed E-state index contributed by atoms with van der Waals surface area (Å²) in [5.74, 6) is -1.72. The number of likely N-dealkylation sites (N-methyl/N-ethyl adjacent to an activating group) is 1. The molecule has 0 spiro atoms. The molecular weight excluding hydrogens is 787 g/mol. The summed E-state index contributed by atoms with van der Waals surface area (Å²) >= 11 is 0. The number of esters is 2. The van der Waals surface area contributed by atoms with Gasteiger partial charge in [-0.05, 0) is 38.5 Å². The molecule has 0 N–H and O–H groups in total. The monoisotopic (exact) mass is 892 g/mol. The Hall–Kier alpha value is -1.93. The summed E-state index contributed by atoms with van der Waals surface area (Å²) in [5.41, 5.74) is 0. The summed E-state index contributed by atoms with van der Waals surface area (Å²) in [6.45, 7) is 4.71. The van der Waals surface area contributed by atoms with Gasteiger partial charge in [0.05, 0.1) is 40.3 Å². The number of nitrogens with zero attached hydrogens (tertiary/aromatic N) is 1. The highest BCUT2D eigenvalue weighted by atomic mass is 16.6. The number of ether oxygens (including phenoxy) is 3. The minimum Gasteiger partial charge on any atom is -0.544 e. The second-order valence-electron chi connectivity index (χ2n) is 19.8. The first kappa shape index (κ1) is 61.1. The van der Waals surface area contributed by atoms with E-state index in [2.05, 4.69) is 26.0 Å². The molecule has 63 heavy (non-hydrogen) atoms. The smallest absolute Gasteiger partial charge is 0.306 e. The SMILES string of the molecule is CCCCCCCC/C=C/CCCCCCCCCC(=O)OCC(COCCC(C(=O)[O-])[N+](C)(C)C)OC(=O)CCCCCCCCCCCCCCCCCCCCCCCC. The maximum Gasteiger partial charge on any atom is 0.306 e. The standard InChI is InChI=1S/C55H105NO7/c1-6-8-10-12-14-16-18-20-22-24-25-26-27-28-30-32-34-36-38-40-42-44-46-54(58)63-51(49-61-48-47-52(55(59)60)56(3,4)5)50-62-53(57)45-43-41-39-37-35-33-31-29-23-21-19-17-15-13-11-9-7-2/h21,23,51-52H,6-20,22,24-50H2,1-5H3/b23-21+. The van der Waals surface area contributed by atoms with Crippen LogP contribution < -0.4 is 5.11 Å². The van der Waals surface area contributed by atoms with Crippen LogP contribution in [0.2, 0.25) is 0 Å². The lowest BCUT2D eigenvalue weighted by atomic mass is 10.0. The molecule has 0 saturated heterocycles. The average molecular weight is 892 g/mol. The molecule has 372 valence electrons. The molecule has 0 radical (unpaired) electrons. The van der Waals surface area contributed by atoms with Gasteiger partial charge in [-0.1, -0.05) is 225 Å². The van der Waals surface area contributed by atoms with E-state index >= 15 is 0 Å². The number of carbonyl (C=O) groups is 3. The maximum atomic E-state index is 12.8. The van der Waals surface area contributed by atoms with E-state index < -0.39 is 18.1 Å². The van der Waals surface area contributed by atoms with Crippen LogP contribution in [0.1, 0.15) is 271 Å². The number of carboxylic acid groups (broad SMARTS) is 1. The number of quaternary nitrogens is 1. The predicted molar refractivity (Wildman–Crippen MR) is 264 cm³/mol. The lowest BCUT2D eigenvalue weighted by Gasteiger charge is -2.34. The van der Waals surface area contributed by atoms with Gasteiger partial charge < -0.3 is 28.6 Å². The lowest BCUT2D eigenvalue weighted by molar-refractivity contribution is -0.889. The van der Waals surface area contributed by atoms with Crippen molar-refractivity contribution in [1.82, 2.24) is 0 Å². The second-order valence-corrected chi connectivity index (χ2v) is 19.8. The molecule has 0 amide bonds. The van der Waals surface area contributed by atoms with Crippen molar-refractivity contribution in [3.8, 4) is 0 Å². The van der Waals surface area contributed by atoms with Crippen molar-refractivity contribution >= 4 is 17.9 Å². The van der Waals surface area contributed by atoms with Crippen LogP contribution in [0, 0.1) is 0 Å². The fourth-order valence-corrected chi connectivity index (χ4v) is 8.42. The minimum absolute atomic E-state index is 0.0458. The van der Waals surface area contributed by atoms with E-state index in [1.807, 2.05) is 21.1 Å². The summed E-state index contributed by atoms with van der Waals surface area (Å²) in [5, 5.41) is 11.7. The summed E-state index contributed by atoms with van der Waals surface area (Å²) in [6, 6.07) is -0.723. The molecule has 0 saturated carbocycles. The van der Waals surface area contributed by atoms with Gasteiger partial charge in [0, 0.05) is 19.3 Å². The zero-order chi connectivity index (χ0) is 46.3. The molecule has 0 rings (SSSR count). The highest BCUT2D eigenvalue weighted by molar-refractivity contribution is 5.70. The summed E-state index contributed by atoms with van der Waals surface area (Å²) < 4.78 is 17.3. The Kier molecular flexibility index (Phi) is 45.2. The number of carbonyl (C=O) groups excluding carboxylic acids is 3. The van der Waals surface area contributed by atoms with E-state index in [1.165, 1.54) is 199 Å².